The lowest BCUT2D eigenvalue weighted by molar-refractivity contribution is -0.124. The van der Waals surface area contributed by atoms with Gasteiger partial charge >= 0.3 is 6.09 Å². The minimum Gasteiger partial charge on any atom is -0.465 e. The van der Waals surface area contributed by atoms with E-state index in [9.17, 15) is 20.0 Å². The summed E-state index contributed by atoms with van der Waals surface area (Å²) < 4.78 is 0.614. The molecular weight excluding hydrogens is 364 g/mol. The number of nitriles is 1. The van der Waals surface area contributed by atoms with Crippen molar-refractivity contribution in [3.05, 3.63) is 22.9 Å². The molecule has 1 aliphatic heterocycles. The first-order valence-corrected chi connectivity index (χ1v) is 8.09. The van der Waals surface area contributed by atoms with Gasteiger partial charge in [-0.2, -0.15) is 5.26 Å². The minimum atomic E-state index is -1.11. The highest BCUT2D eigenvalue weighted by molar-refractivity contribution is 9.10. The number of carboxylic acid groups (broad SMARTS) is 1. The SMILES string of the molecule is CC(C#N)N(C(=O)C1CCCCN1C(=O)O)c1ccc(Br)nc1. The average molecular weight is 381 g/mol. The number of halogens is 1. The Labute approximate surface area is 142 Å². The zero-order valence-corrected chi connectivity index (χ0v) is 14.2. The lowest BCUT2D eigenvalue weighted by Crippen LogP contribution is -2.54. The highest BCUT2D eigenvalue weighted by atomic mass is 79.9. The van der Waals surface area contributed by atoms with Crippen LogP contribution in [0.1, 0.15) is 26.2 Å². The Morgan fingerprint density at radius 2 is 2.26 bits per heavy atom. The molecular formula is C15H17BrN4O3. The third-order valence-corrected chi connectivity index (χ3v) is 4.30. The highest BCUT2D eigenvalue weighted by Gasteiger charge is 2.37. The topological polar surface area (TPSA) is 97.5 Å². The van der Waals surface area contributed by atoms with Gasteiger partial charge in [0.15, 0.2) is 0 Å². The number of amides is 2. The van der Waals surface area contributed by atoms with Crippen LogP contribution in [-0.4, -0.2) is 45.6 Å². The van der Waals surface area contributed by atoms with Crippen LogP contribution in [0.4, 0.5) is 10.5 Å². The molecule has 1 fully saturated rings. The summed E-state index contributed by atoms with van der Waals surface area (Å²) in [6.07, 6.45) is 2.37. The smallest absolute Gasteiger partial charge is 0.407 e. The Balaban J connectivity index is 2.34. The molecule has 1 N–H and O–H groups in total. The maximum Gasteiger partial charge on any atom is 0.407 e. The Morgan fingerprint density at radius 1 is 1.52 bits per heavy atom. The van der Waals surface area contributed by atoms with E-state index in [0.29, 0.717) is 23.3 Å². The largest absolute Gasteiger partial charge is 0.465 e. The second-order valence-corrected chi connectivity index (χ2v) is 6.15. The quantitative estimate of drug-likeness (QED) is 0.812. The van der Waals surface area contributed by atoms with Crippen LogP contribution in [0.3, 0.4) is 0 Å². The number of piperidine rings is 1. The summed E-state index contributed by atoms with van der Waals surface area (Å²) in [5.41, 5.74) is 0.475. The molecule has 2 amide bonds. The monoisotopic (exact) mass is 380 g/mol. The molecule has 7 nitrogen and oxygen atoms in total. The predicted octanol–water partition coefficient (Wildman–Crippen LogP) is 2.62. The highest BCUT2D eigenvalue weighted by Crippen LogP contribution is 2.24. The van der Waals surface area contributed by atoms with E-state index in [2.05, 4.69) is 20.9 Å². The van der Waals surface area contributed by atoms with E-state index in [4.69, 9.17) is 0 Å². The first-order valence-electron chi connectivity index (χ1n) is 7.29. The van der Waals surface area contributed by atoms with E-state index >= 15 is 0 Å². The van der Waals surface area contributed by atoms with Crippen molar-refractivity contribution in [2.24, 2.45) is 0 Å². The van der Waals surface area contributed by atoms with Gasteiger partial charge in [-0.25, -0.2) is 9.78 Å². The summed E-state index contributed by atoms with van der Waals surface area (Å²) in [6, 6.07) is 3.91. The first kappa shape index (κ1) is 17.2. The van der Waals surface area contributed by atoms with Crippen molar-refractivity contribution < 1.29 is 14.7 Å². The van der Waals surface area contributed by atoms with Crippen LogP contribution in [0.15, 0.2) is 22.9 Å². The molecule has 1 aromatic heterocycles. The predicted molar refractivity (Wildman–Crippen MR) is 86.9 cm³/mol. The van der Waals surface area contributed by atoms with Crippen LogP contribution in [-0.2, 0) is 4.79 Å². The van der Waals surface area contributed by atoms with E-state index in [-0.39, 0.29) is 5.91 Å². The van der Waals surface area contributed by atoms with Gasteiger partial charge in [-0.15, -0.1) is 0 Å². The summed E-state index contributed by atoms with van der Waals surface area (Å²) in [4.78, 5) is 30.9. The third kappa shape index (κ3) is 3.79. The maximum atomic E-state index is 12.9. The number of carbonyl (C=O) groups is 2. The van der Waals surface area contributed by atoms with Crippen LogP contribution in [0.5, 0.6) is 0 Å². The number of hydrogen-bond donors (Lipinski definition) is 1. The van der Waals surface area contributed by atoms with Gasteiger partial charge in [0.25, 0.3) is 5.91 Å². The van der Waals surface area contributed by atoms with Crippen LogP contribution >= 0.6 is 15.9 Å². The molecule has 0 bridgehead atoms. The van der Waals surface area contributed by atoms with E-state index < -0.39 is 18.2 Å². The fourth-order valence-electron chi connectivity index (χ4n) is 2.69. The summed E-state index contributed by atoms with van der Waals surface area (Å²) in [7, 11) is 0. The zero-order chi connectivity index (χ0) is 17.0. The summed E-state index contributed by atoms with van der Waals surface area (Å²) in [6.45, 7) is 1.94. The summed E-state index contributed by atoms with van der Waals surface area (Å²) in [5, 5.41) is 18.6. The number of likely N-dealkylation sites (tertiary alicyclic amines) is 1. The number of aromatic nitrogens is 1. The number of rotatable bonds is 3. The van der Waals surface area contributed by atoms with Crippen molar-refractivity contribution >= 4 is 33.6 Å². The van der Waals surface area contributed by atoms with Crippen LogP contribution in [0.2, 0.25) is 0 Å². The third-order valence-electron chi connectivity index (χ3n) is 3.84. The van der Waals surface area contributed by atoms with E-state index in [1.165, 1.54) is 11.1 Å². The lowest BCUT2D eigenvalue weighted by Gasteiger charge is -2.36. The fourth-order valence-corrected chi connectivity index (χ4v) is 2.92. The normalized spacial score (nSPS) is 18.8. The van der Waals surface area contributed by atoms with Crippen molar-refractivity contribution in [3.63, 3.8) is 0 Å². The van der Waals surface area contributed by atoms with Crippen molar-refractivity contribution in [3.8, 4) is 6.07 Å². The number of anilines is 1. The summed E-state index contributed by atoms with van der Waals surface area (Å²) >= 11 is 3.23. The first-order chi connectivity index (χ1) is 11.0. The van der Waals surface area contributed by atoms with Crippen LogP contribution in [0, 0.1) is 11.3 Å². The van der Waals surface area contributed by atoms with Gasteiger partial charge in [-0.3, -0.25) is 14.6 Å². The Hall–Kier alpha value is -2.14. The van der Waals surface area contributed by atoms with Crippen molar-refractivity contribution in [2.75, 3.05) is 11.4 Å². The number of pyridine rings is 1. The second kappa shape index (κ2) is 7.42. The van der Waals surface area contributed by atoms with E-state index in [0.717, 1.165) is 17.7 Å². The van der Waals surface area contributed by atoms with Crippen molar-refractivity contribution in [2.45, 2.75) is 38.3 Å². The molecule has 2 unspecified atom stereocenters. The molecule has 1 saturated heterocycles. The molecule has 1 aromatic rings. The fraction of sp³-hybridized carbons (Fsp3) is 0.467. The molecule has 8 heteroatoms. The Morgan fingerprint density at radius 3 is 2.83 bits per heavy atom. The molecule has 2 rings (SSSR count). The van der Waals surface area contributed by atoms with Gasteiger partial charge in [-0.05, 0) is 54.2 Å². The Bertz CT molecular complexity index is 629. The molecule has 1 aliphatic rings. The molecule has 23 heavy (non-hydrogen) atoms. The molecule has 0 saturated carbocycles. The molecule has 0 spiro atoms. The van der Waals surface area contributed by atoms with Crippen molar-refractivity contribution in [1.82, 2.24) is 9.88 Å². The lowest BCUT2D eigenvalue weighted by atomic mass is 10.0. The average Bonchev–Trinajstić information content (AvgIpc) is 2.56. The number of carbonyl (C=O) groups excluding carboxylic acids is 1. The Kier molecular flexibility index (Phi) is 5.55. The van der Waals surface area contributed by atoms with Gasteiger partial charge in [0, 0.05) is 6.54 Å². The minimum absolute atomic E-state index is 0.332. The maximum absolute atomic E-state index is 12.9. The standard InChI is InChI=1S/C15H17BrN4O3/c1-10(8-17)20(11-5-6-13(16)18-9-11)14(21)12-4-2-3-7-19(12)15(22)23/h5-6,9-10,12H,2-4,7H2,1H3,(H,22,23). The molecule has 0 aliphatic carbocycles. The molecule has 0 aromatic carbocycles. The van der Waals surface area contributed by atoms with E-state index in [1.807, 2.05) is 6.07 Å². The van der Waals surface area contributed by atoms with Crippen LogP contribution < -0.4 is 4.90 Å². The number of hydrogen-bond acceptors (Lipinski definition) is 4. The summed E-state index contributed by atoms with van der Waals surface area (Å²) in [5.74, 6) is -0.384. The molecule has 2 atom stereocenters. The molecule has 2 heterocycles. The second-order valence-electron chi connectivity index (χ2n) is 5.34. The van der Waals surface area contributed by atoms with Gasteiger partial charge < -0.3 is 5.11 Å². The van der Waals surface area contributed by atoms with Crippen LogP contribution in [0.25, 0.3) is 0 Å². The van der Waals surface area contributed by atoms with Gasteiger partial charge in [0.1, 0.15) is 16.7 Å². The molecule has 0 radical (unpaired) electrons. The van der Waals surface area contributed by atoms with Gasteiger partial charge in [0.2, 0.25) is 0 Å². The number of nitrogens with zero attached hydrogens (tertiary/aromatic N) is 4. The van der Waals surface area contributed by atoms with E-state index in [1.54, 1.807) is 19.1 Å². The zero-order valence-electron chi connectivity index (χ0n) is 12.6. The van der Waals surface area contributed by atoms with Gasteiger partial charge in [-0.1, -0.05) is 0 Å². The van der Waals surface area contributed by atoms with Crippen molar-refractivity contribution in [1.29, 1.82) is 5.26 Å². The van der Waals surface area contributed by atoms with Gasteiger partial charge in [0.05, 0.1) is 18.0 Å². The molecule has 122 valence electrons.